The second-order valence-corrected chi connectivity index (χ2v) is 4.04. The zero-order valence-corrected chi connectivity index (χ0v) is 8.92. The minimum absolute atomic E-state index is 0.201. The Morgan fingerprint density at radius 3 is 2.60 bits per heavy atom. The van der Waals surface area contributed by atoms with Gasteiger partial charge in [0.1, 0.15) is 5.67 Å². The van der Waals surface area contributed by atoms with Crippen LogP contribution in [-0.4, -0.2) is 35.1 Å². The Labute approximate surface area is 88.1 Å². The number of imide groups is 1. The van der Waals surface area contributed by atoms with Gasteiger partial charge in [0.2, 0.25) is 5.91 Å². The Bertz CT molecular complexity index is 296. The quantitative estimate of drug-likeness (QED) is 0.718. The summed E-state index contributed by atoms with van der Waals surface area (Å²) >= 11 is 0. The van der Waals surface area contributed by atoms with Crippen molar-refractivity contribution in [2.24, 2.45) is 0 Å². The van der Waals surface area contributed by atoms with Gasteiger partial charge < -0.3 is 4.90 Å². The van der Waals surface area contributed by atoms with E-state index in [1.165, 1.54) is 24.8 Å². The standard InChI is InChI=1S/C10H15FN2O2/c1-4-7(10(2,3)11)13-6-5-8(14)12-9(13)15/h4,7H,1,5-6H2,2-3H3,(H,12,14,15). The predicted molar refractivity (Wildman–Crippen MR) is 54.0 cm³/mol. The van der Waals surface area contributed by atoms with Crippen LogP contribution in [0.3, 0.4) is 0 Å². The van der Waals surface area contributed by atoms with Gasteiger partial charge in [0, 0.05) is 13.0 Å². The number of halogens is 1. The van der Waals surface area contributed by atoms with Crippen LogP contribution >= 0.6 is 0 Å². The molecular weight excluding hydrogens is 199 g/mol. The minimum atomic E-state index is -1.57. The molecule has 1 fully saturated rings. The Morgan fingerprint density at radius 2 is 2.20 bits per heavy atom. The van der Waals surface area contributed by atoms with Gasteiger partial charge in [0.05, 0.1) is 6.04 Å². The summed E-state index contributed by atoms with van der Waals surface area (Å²) in [5.41, 5.74) is -1.57. The maximum atomic E-state index is 13.7. The smallest absolute Gasteiger partial charge is 0.314 e. The zero-order chi connectivity index (χ0) is 11.6. The molecule has 1 atom stereocenters. The van der Waals surface area contributed by atoms with E-state index < -0.39 is 17.7 Å². The molecule has 4 nitrogen and oxygen atoms in total. The van der Waals surface area contributed by atoms with Crippen LogP contribution < -0.4 is 5.32 Å². The molecule has 1 saturated heterocycles. The third kappa shape index (κ3) is 2.55. The van der Waals surface area contributed by atoms with Crippen LogP contribution in [0, 0.1) is 0 Å². The predicted octanol–water partition coefficient (Wildman–Crippen LogP) is 1.23. The van der Waals surface area contributed by atoms with Crippen LogP contribution in [0.4, 0.5) is 9.18 Å². The topological polar surface area (TPSA) is 49.4 Å². The molecule has 0 aliphatic carbocycles. The zero-order valence-electron chi connectivity index (χ0n) is 8.92. The first-order valence-electron chi connectivity index (χ1n) is 4.78. The van der Waals surface area contributed by atoms with Gasteiger partial charge in [0.15, 0.2) is 0 Å². The van der Waals surface area contributed by atoms with Crippen LogP contribution in [0.5, 0.6) is 0 Å². The van der Waals surface area contributed by atoms with Gasteiger partial charge in [-0.15, -0.1) is 6.58 Å². The first-order chi connectivity index (χ1) is 6.86. The number of carbonyl (C=O) groups excluding carboxylic acids is 2. The van der Waals surface area contributed by atoms with E-state index in [9.17, 15) is 14.0 Å². The highest BCUT2D eigenvalue weighted by atomic mass is 19.1. The highest BCUT2D eigenvalue weighted by Gasteiger charge is 2.37. The number of nitrogens with zero attached hydrogens (tertiary/aromatic N) is 1. The average molecular weight is 214 g/mol. The lowest BCUT2D eigenvalue weighted by molar-refractivity contribution is -0.122. The van der Waals surface area contributed by atoms with E-state index in [1.807, 2.05) is 0 Å². The molecule has 1 aliphatic heterocycles. The lowest BCUT2D eigenvalue weighted by atomic mass is 9.99. The van der Waals surface area contributed by atoms with E-state index in [-0.39, 0.29) is 18.9 Å². The molecule has 0 saturated carbocycles. The normalized spacial score (nSPS) is 19.8. The van der Waals surface area contributed by atoms with E-state index in [1.54, 1.807) is 0 Å². The second kappa shape index (κ2) is 4.00. The summed E-state index contributed by atoms with van der Waals surface area (Å²) in [6.45, 7) is 6.50. The van der Waals surface area contributed by atoms with E-state index in [0.29, 0.717) is 0 Å². The summed E-state index contributed by atoms with van der Waals surface area (Å²) in [5.74, 6) is -0.323. The number of amides is 3. The van der Waals surface area contributed by atoms with Gasteiger partial charge in [-0.2, -0.15) is 0 Å². The molecule has 0 spiro atoms. The molecule has 1 N–H and O–H groups in total. The van der Waals surface area contributed by atoms with Crippen LogP contribution in [-0.2, 0) is 4.79 Å². The van der Waals surface area contributed by atoms with E-state index in [0.717, 1.165) is 0 Å². The van der Waals surface area contributed by atoms with Crippen molar-refractivity contribution < 1.29 is 14.0 Å². The van der Waals surface area contributed by atoms with Crippen LogP contribution in [0.25, 0.3) is 0 Å². The Morgan fingerprint density at radius 1 is 1.60 bits per heavy atom. The number of rotatable bonds is 3. The first-order valence-corrected chi connectivity index (χ1v) is 4.78. The summed E-state index contributed by atoms with van der Waals surface area (Å²) in [4.78, 5) is 23.6. The number of alkyl halides is 1. The monoisotopic (exact) mass is 214 g/mol. The highest BCUT2D eigenvalue weighted by Crippen LogP contribution is 2.22. The molecule has 0 aromatic rings. The first kappa shape index (κ1) is 11.7. The molecule has 15 heavy (non-hydrogen) atoms. The Kier molecular flexibility index (Phi) is 3.12. The highest BCUT2D eigenvalue weighted by molar-refractivity contribution is 5.96. The van der Waals surface area contributed by atoms with Gasteiger partial charge >= 0.3 is 6.03 Å². The van der Waals surface area contributed by atoms with E-state index in [4.69, 9.17) is 0 Å². The Balaban J connectivity index is 2.82. The fourth-order valence-electron chi connectivity index (χ4n) is 1.62. The van der Waals surface area contributed by atoms with E-state index in [2.05, 4.69) is 11.9 Å². The molecule has 1 aliphatic rings. The van der Waals surface area contributed by atoms with Gasteiger partial charge in [-0.25, -0.2) is 9.18 Å². The minimum Gasteiger partial charge on any atom is -0.314 e. The molecule has 1 rings (SSSR count). The molecule has 0 aromatic carbocycles. The van der Waals surface area contributed by atoms with Crippen LogP contribution in [0.1, 0.15) is 20.3 Å². The second-order valence-electron chi connectivity index (χ2n) is 4.04. The van der Waals surface area contributed by atoms with Crippen LogP contribution in [0.15, 0.2) is 12.7 Å². The van der Waals surface area contributed by atoms with Crippen molar-refractivity contribution in [2.75, 3.05) is 6.54 Å². The molecule has 1 heterocycles. The molecule has 84 valence electrons. The molecular formula is C10H15FN2O2. The molecule has 0 radical (unpaired) electrons. The van der Waals surface area contributed by atoms with Crippen molar-refractivity contribution in [1.29, 1.82) is 0 Å². The van der Waals surface area contributed by atoms with Crippen molar-refractivity contribution in [3.8, 4) is 0 Å². The summed E-state index contributed by atoms with van der Waals surface area (Å²) < 4.78 is 13.7. The van der Waals surface area contributed by atoms with Crippen molar-refractivity contribution >= 4 is 11.9 Å². The molecule has 0 aromatic heterocycles. The summed E-state index contributed by atoms with van der Waals surface area (Å²) in [7, 11) is 0. The fraction of sp³-hybridized carbons (Fsp3) is 0.600. The fourth-order valence-corrected chi connectivity index (χ4v) is 1.62. The third-order valence-electron chi connectivity index (χ3n) is 2.35. The number of urea groups is 1. The number of hydrogen-bond acceptors (Lipinski definition) is 2. The number of nitrogens with one attached hydrogen (secondary N) is 1. The van der Waals surface area contributed by atoms with Gasteiger partial charge in [-0.3, -0.25) is 10.1 Å². The Hall–Kier alpha value is -1.39. The molecule has 5 heteroatoms. The largest absolute Gasteiger partial charge is 0.324 e. The SMILES string of the molecule is C=CC(N1CCC(=O)NC1=O)C(C)(C)F. The summed E-state index contributed by atoms with van der Waals surface area (Å²) in [6, 6.07) is -1.27. The molecule has 3 amide bonds. The third-order valence-corrected chi connectivity index (χ3v) is 2.35. The van der Waals surface area contributed by atoms with Crippen molar-refractivity contribution in [1.82, 2.24) is 10.2 Å². The maximum absolute atomic E-state index is 13.7. The van der Waals surface area contributed by atoms with Crippen molar-refractivity contribution in [2.45, 2.75) is 32.0 Å². The van der Waals surface area contributed by atoms with Crippen LogP contribution in [0.2, 0.25) is 0 Å². The maximum Gasteiger partial charge on any atom is 0.324 e. The molecule has 0 bridgehead atoms. The number of hydrogen-bond donors (Lipinski definition) is 1. The van der Waals surface area contributed by atoms with Gasteiger partial charge in [-0.05, 0) is 13.8 Å². The summed E-state index contributed by atoms with van der Waals surface area (Å²) in [5, 5.41) is 2.15. The number of carbonyl (C=O) groups is 2. The van der Waals surface area contributed by atoms with Crippen molar-refractivity contribution in [3.05, 3.63) is 12.7 Å². The molecule has 1 unspecified atom stereocenters. The van der Waals surface area contributed by atoms with E-state index >= 15 is 0 Å². The average Bonchev–Trinajstić information content (AvgIpc) is 2.07. The van der Waals surface area contributed by atoms with Gasteiger partial charge in [0.25, 0.3) is 0 Å². The van der Waals surface area contributed by atoms with Crippen molar-refractivity contribution in [3.63, 3.8) is 0 Å². The summed E-state index contributed by atoms with van der Waals surface area (Å²) in [6.07, 6.45) is 1.58. The van der Waals surface area contributed by atoms with Gasteiger partial charge in [-0.1, -0.05) is 6.08 Å². The lowest BCUT2D eigenvalue weighted by Gasteiger charge is -2.37. The lowest BCUT2D eigenvalue weighted by Crippen LogP contribution is -2.57.